The largest absolute Gasteiger partial charge is 0.492 e. The van der Waals surface area contributed by atoms with Crippen molar-refractivity contribution >= 4 is 0 Å². The van der Waals surface area contributed by atoms with Gasteiger partial charge in [0.05, 0.1) is 12.1 Å². The average Bonchev–Trinajstić information content (AvgIpc) is 2.31. The summed E-state index contributed by atoms with van der Waals surface area (Å²) in [6.07, 6.45) is -0.415. The van der Waals surface area contributed by atoms with E-state index in [4.69, 9.17) is 15.2 Å². The molecule has 2 atom stereocenters. The SMILES string of the molecule is COCCC(O)[C@@H](N)COc1cc(F)cc(F)c1. The van der Waals surface area contributed by atoms with Gasteiger partial charge in [0.2, 0.25) is 0 Å². The lowest BCUT2D eigenvalue weighted by molar-refractivity contribution is 0.0759. The van der Waals surface area contributed by atoms with E-state index in [0.29, 0.717) is 13.0 Å². The van der Waals surface area contributed by atoms with E-state index in [2.05, 4.69) is 0 Å². The van der Waals surface area contributed by atoms with Crippen molar-refractivity contribution in [1.29, 1.82) is 0 Å². The highest BCUT2D eigenvalue weighted by Gasteiger charge is 2.15. The molecule has 0 saturated carbocycles. The molecule has 0 bridgehead atoms. The lowest BCUT2D eigenvalue weighted by Crippen LogP contribution is -2.40. The van der Waals surface area contributed by atoms with Crippen LogP contribution in [0.1, 0.15) is 6.42 Å². The molecule has 4 nitrogen and oxygen atoms in total. The molecule has 0 heterocycles. The Morgan fingerprint density at radius 2 is 1.89 bits per heavy atom. The molecule has 1 unspecified atom stereocenters. The van der Waals surface area contributed by atoms with E-state index < -0.39 is 23.8 Å². The molecular formula is C12H17F2NO3. The number of ether oxygens (including phenoxy) is 2. The molecule has 18 heavy (non-hydrogen) atoms. The van der Waals surface area contributed by atoms with Crippen LogP contribution >= 0.6 is 0 Å². The highest BCUT2D eigenvalue weighted by atomic mass is 19.1. The summed E-state index contributed by atoms with van der Waals surface area (Å²) in [5.41, 5.74) is 5.66. The smallest absolute Gasteiger partial charge is 0.129 e. The summed E-state index contributed by atoms with van der Waals surface area (Å²) in [7, 11) is 1.52. The van der Waals surface area contributed by atoms with Gasteiger partial charge in [-0.05, 0) is 6.42 Å². The van der Waals surface area contributed by atoms with Crippen LogP contribution in [0.5, 0.6) is 5.75 Å². The molecule has 0 aliphatic carbocycles. The molecule has 0 aromatic heterocycles. The van der Waals surface area contributed by atoms with Gasteiger partial charge in [-0.3, -0.25) is 0 Å². The maximum atomic E-state index is 12.9. The van der Waals surface area contributed by atoms with Crippen molar-refractivity contribution in [3.05, 3.63) is 29.8 Å². The van der Waals surface area contributed by atoms with E-state index in [9.17, 15) is 13.9 Å². The van der Waals surface area contributed by atoms with Crippen molar-refractivity contribution in [3.8, 4) is 5.75 Å². The highest BCUT2D eigenvalue weighted by molar-refractivity contribution is 5.23. The van der Waals surface area contributed by atoms with Crippen LogP contribution in [0.4, 0.5) is 8.78 Å². The second-order valence-electron chi connectivity index (χ2n) is 3.93. The van der Waals surface area contributed by atoms with Gasteiger partial charge in [-0.25, -0.2) is 8.78 Å². The molecule has 0 spiro atoms. The monoisotopic (exact) mass is 261 g/mol. The predicted octanol–water partition coefficient (Wildman–Crippen LogP) is 1.07. The minimum absolute atomic E-state index is 0.0340. The number of hydrogen-bond acceptors (Lipinski definition) is 4. The Balaban J connectivity index is 2.44. The number of nitrogens with two attached hydrogens (primary N) is 1. The summed E-state index contributed by atoms with van der Waals surface area (Å²) < 4.78 is 35.6. The fraction of sp³-hybridized carbons (Fsp3) is 0.500. The Labute approximate surface area is 104 Å². The van der Waals surface area contributed by atoms with Gasteiger partial charge in [-0.1, -0.05) is 0 Å². The maximum Gasteiger partial charge on any atom is 0.129 e. The zero-order chi connectivity index (χ0) is 13.5. The van der Waals surface area contributed by atoms with Gasteiger partial charge < -0.3 is 20.3 Å². The Bertz CT molecular complexity index is 356. The van der Waals surface area contributed by atoms with Crippen molar-refractivity contribution in [1.82, 2.24) is 0 Å². The molecule has 0 radical (unpaired) electrons. The summed E-state index contributed by atoms with van der Waals surface area (Å²) in [5, 5.41) is 9.60. The lowest BCUT2D eigenvalue weighted by Gasteiger charge is -2.19. The summed E-state index contributed by atoms with van der Waals surface area (Å²) >= 11 is 0. The number of hydrogen-bond donors (Lipinski definition) is 2. The third-order valence-electron chi connectivity index (χ3n) is 2.39. The minimum atomic E-state index is -0.789. The first-order valence-electron chi connectivity index (χ1n) is 5.54. The molecule has 1 rings (SSSR count). The van der Waals surface area contributed by atoms with Gasteiger partial charge in [-0.2, -0.15) is 0 Å². The Morgan fingerprint density at radius 3 is 2.44 bits per heavy atom. The standard InChI is InChI=1S/C12H17F2NO3/c1-17-3-2-12(16)11(15)7-18-10-5-8(13)4-9(14)6-10/h4-6,11-12,16H,2-3,7,15H2,1H3/t11-,12?/m0/s1. The molecule has 3 N–H and O–H groups in total. The van der Waals surface area contributed by atoms with Crippen molar-refractivity contribution in [2.45, 2.75) is 18.6 Å². The molecule has 102 valence electrons. The molecule has 0 aliphatic heterocycles. The van der Waals surface area contributed by atoms with Crippen molar-refractivity contribution in [3.63, 3.8) is 0 Å². The third kappa shape index (κ3) is 4.95. The second-order valence-corrected chi connectivity index (χ2v) is 3.93. The van der Waals surface area contributed by atoms with Crippen LogP contribution in [-0.2, 0) is 4.74 Å². The van der Waals surface area contributed by atoms with Crippen LogP contribution in [0.2, 0.25) is 0 Å². The Kier molecular flexibility index (Phi) is 5.97. The van der Waals surface area contributed by atoms with E-state index >= 15 is 0 Å². The van der Waals surface area contributed by atoms with E-state index in [1.54, 1.807) is 0 Å². The minimum Gasteiger partial charge on any atom is -0.492 e. The van der Waals surface area contributed by atoms with Gasteiger partial charge in [0, 0.05) is 31.9 Å². The van der Waals surface area contributed by atoms with Crippen molar-refractivity contribution < 1.29 is 23.4 Å². The fourth-order valence-electron chi connectivity index (χ4n) is 1.37. The van der Waals surface area contributed by atoms with E-state index in [1.165, 1.54) is 7.11 Å². The predicted molar refractivity (Wildman–Crippen MR) is 62.3 cm³/mol. The van der Waals surface area contributed by atoms with Gasteiger partial charge in [0.15, 0.2) is 0 Å². The van der Waals surface area contributed by atoms with E-state index in [-0.39, 0.29) is 12.4 Å². The summed E-state index contributed by atoms with van der Waals surface area (Å²) in [6, 6.07) is 2.21. The number of aliphatic hydroxyl groups excluding tert-OH is 1. The van der Waals surface area contributed by atoms with Gasteiger partial charge in [-0.15, -0.1) is 0 Å². The summed E-state index contributed by atoms with van der Waals surface area (Å²) in [6.45, 7) is 0.344. The molecule has 0 amide bonds. The molecule has 0 fully saturated rings. The number of methoxy groups -OCH3 is 1. The van der Waals surface area contributed by atoms with Crippen molar-refractivity contribution in [2.75, 3.05) is 20.3 Å². The van der Waals surface area contributed by atoms with Crippen LogP contribution in [-0.4, -0.2) is 37.6 Å². The fourth-order valence-corrected chi connectivity index (χ4v) is 1.37. The van der Waals surface area contributed by atoms with Gasteiger partial charge in [0.25, 0.3) is 0 Å². The lowest BCUT2D eigenvalue weighted by atomic mass is 10.1. The van der Waals surface area contributed by atoms with Gasteiger partial charge >= 0.3 is 0 Å². The number of benzene rings is 1. The quantitative estimate of drug-likeness (QED) is 0.770. The van der Waals surface area contributed by atoms with Crippen LogP contribution in [0.15, 0.2) is 18.2 Å². The number of rotatable bonds is 7. The normalized spacial score (nSPS) is 14.3. The van der Waals surface area contributed by atoms with Crippen LogP contribution in [0.3, 0.4) is 0 Å². The summed E-state index contributed by atoms with van der Waals surface area (Å²) in [4.78, 5) is 0. The zero-order valence-corrected chi connectivity index (χ0v) is 10.1. The molecular weight excluding hydrogens is 244 g/mol. The average molecular weight is 261 g/mol. The third-order valence-corrected chi connectivity index (χ3v) is 2.39. The van der Waals surface area contributed by atoms with E-state index in [1.807, 2.05) is 0 Å². The molecule has 1 aromatic carbocycles. The molecule has 0 aliphatic rings. The Morgan fingerprint density at radius 1 is 1.28 bits per heavy atom. The zero-order valence-electron chi connectivity index (χ0n) is 10.1. The molecule has 1 aromatic rings. The molecule has 0 saturated heterocycles. The topological polar surface area (TPSA) is 64.7 Å². The Hall–Kier alpha value is -1.24. The van der Waals surface area contributed by atoms with Gasteiger partial charge in [0.1, 0.15) is 24.0 Å². The van der Waals surface area contributed by atoms with Crippen molar-refractivity contribution in [2.24, 2.45) is 5.73 Å². The number of halogens is 2. The van der Waals surface area contributed by atoms with E-state index in [0.717, 1.165) is 18.2 Å². The summed E-state index contributed by atoms with van der Waals surface area (Å²) in [5.74, 6) is -1.40. The van der Waals surface area contributed by atoms with Crippen LogP contribution in [0, 0.1) is 11.6 Å². The first-order chi connectivity index (χ1) is 8.52. The first kappa shape index (κ1) is 14.8. The first-order valence-corrected chi connectivity index (χ1v) is 5.54. The highest BCUT2D eigenvalue weighted by Crippen LogP contribution is 2.15. The molecule has 6 heteroatoms. The maximum absolute atomic E-state index is 12.9. The second kappa shape index (κ2) is 7.25. The van der Waals surface area contributed by atoms with Crippen LogP contribution in [0.25, 0.3) is 0 Å². The number of aliphatic hydroxyl groups is 1. The van der Waals surface area contributed by atoms with Crippen LogP contribution < -0.4 is 10.5 Å².